The van der Waals surface area contributed by atoms with Crippen LogP contribution < -0.4 is 0 Å². The summed E-state index contributed by atoms with van der Waals surface area (Å²) in [5, 5.41) is 24.5. The number of benzene rings is 4. The highest BCUT2D eigenvalue weighted by Gasteiger charge is 2.14. The highest BCUT2D eigenvalue weighted by Crippen LogP contribution is 2.42. The smallest absolute Gasteiger partial charge is 0.124 e. The van der Waals surface area contributed by atoms with Crippen LogP contribution in [0, 0.1) is 0 Å². The van der Waals surface area contributed by atoms with E-state index in [1.165, 1.54) is 0 Å². The molecule has 0 radical (unpaired) electrons. The van der Waals surface area contributed by atoms with E-state index in [1.54, 1.807) is 12.1 Å². The Morgan fingerprint density at radius 1 is 0.545 bits per heavy atom. The van der Waals surface area contributed by atoms with Crippen molar-refractivity contribution in [1.29, 1.82) is 0 Å². The summed E-state index contributed by atoms with van der Waals surface area (Å²) in [7, 11) is 0. The van der Waals surface area contributed by atoms with E-state index in [4.69, 9.17) is 0 Å². The average molecular weight is 286 g/mol. The van der Waals surface area contributed by atoms with Gasteiger partial charge in [0, 0.05) is 10.9 Å². The van der Waals surface area contributed by atoms with Gasteiger partial charge in [0.05, 0.1) is 0 Å². The fraction of sp³-hybridized carbons (Fsp3) is 0. The average Bonchev–Trinajstić information content (AvgIpc) is 2.55. The Morgan fingerprint density at radius 2 is 1.27 bits per heavy atom. The number of hydrogen-bond acceptors (Lipinski definition) is 2. The maximum absolute atomic E-state index is 10.4. The van der Waals surface area contributed by atoms with Crippen molar-refractivity contribution in [1.82, 2.24) is 0 Å². The predicted molar refractivity (Wildman–Crippen MR) is 90.2 cm³/mol. The third-order valence-electron chi connectivity index (χ3n) is 4.06. The molecule has 0 unspecified atom stereocenters. The van der Waals surface area contributed by atoms with E-state index in [0.717, 1.165) is 32.7 Å². The Labute approximate surface area is 127 Å². The fourth-order valence-electron chi connectivity index (χ4n) is 3.07. The molecule has 0 spiro atoms. The molecule has 4 aromatic carbocycles. The molecule has 0 saturated carbocycles. The standard InChI is InChI=1S/C20H14O2/c21-17-10-4-7-14-6-3-9-16(19(14)17)20-15-8-2-1-5-13(15)11-12-18(20)22/h1-12,21-22H. The Hall–Kier alpha value is -3.00. The molecule has 0 aliphatic carbocycles. The SMILES string of the molecule is Oc1ccc2ccccc2c1-c1cccc2cccc(O)c12. The van der Waals surface area contributed by atoms with Gasteiger partial charge in [-0.05, 0) is 33.9 Å². The molecule has 106 valence electrons. The molecule has 2 N–H and O–H groups in total. The lowest BCUT2D eigenvalue weighted by molar-refractivity contribution is 0.478. The molecule has 0 aliphatic heterocycles. The van der Waals surface area contributed by atoms with Gasteiger partial charge in [0.25, 0.3) is 0 Å². The molecule has 0 amide bonds. The summed E-state index contributed by atoms with van der Waals surface area (Å²) in [5.74, 6) is 0.440. The lowest BCUT2D eigenvalue weighted by atomic mass is 9.93. The number of aromatic hydroxyl groups is 2. The summed E-state index contributed by atoms with van der Waals surface area (Å²) in [5.41, 5.74) is 1.59. The topological polar surface area (TPSA) is 40.5 Å². The number of fused-ring (bicyclic) bond motifs is 2. The van der Waals surface area contributed by atoms with Gasteiger partial charge < -0.3 is 10.2 Å². The molecule has 22 heavy (non-hydrogen) atoms. The van der Waals surface area contributed by atoms with E-state index in [9.17, 15) is 10.2 Å². The van der Waals surface area contributed by atoms with Crippen molar-refractivity contribution in [3.8, 4) is 22.6 Å². The molecular weight excluding hydrogens is 272 g/mol. The maximum Gasteiger partial charge on any atom is 0.124 e. The third kappa shape index (κ3) is 1.81. The molecule has 0 aliphatic rings. The van der Waals surface area contributed by atoms with Gasteiger partial charge in [-0.2, -0.15) is 0 Å². The molecule has 0 heterocycles. The quantitative estimate of drug-likeness (QED) is 0.513. The van der Waals surface area contributed by atoms with Crippen LogP contribution in [0.3, 0.4) is 0 Å². The van der Waals surface area contributed by atoms with Crippen LogP contribution in [0.25, 0.3) is 32.7 Å². The van der Waals surface area contributed by atoms with Gasteiger partial charge in [-0.3, -0.25) is 0 Å². The summed E-state index contributed by atoms with van der Waals surface area (Å²) < 4.78 is 0. The normalized spacial score (nSPS) is 11.1. The van der Waals surface area contributed by atoms with Crippen LogP contribution in [-0.4, -0.2) is 10.2 Å². The van der Waals surface area contributed by atoms with Crippen molar-refractivity contribution in [3.05, 3.63) is 72.8 Å². The minimum Gasteiger partial charge on any atom is -0.507 e. The van der Waals surface area contributed by atoms with Crippen LogP contribution in [0.15, 0.2) is 72.8 Å². The van der Waals surface area contributed by atoms with Crippen LogP contribution in [0.4, 0.5) is 0 Å². The number of hydrogen-bond donors (Lipinski definition) is 2. The van der Waals surface area contributed by atoms with E-state index >= 15 is 0 Å². The first-order valence-corrected chi connectivity index (χ1v) is 7.17. The van der Waals surface area contributed by atoms with Crippen LogP contribution >= 0.6 is 0 Å². The first-order valence-electron chi connectivity index (χ1n) is 7.17. The van der Waals surface area contributed by atoms with Crippen molar-refractivity contribution >= 4 is 21.5 Å². The summed E-state index contributed by atoms with van der Waals surface area (Å²) in [6.07, 6.45) is 0. The van der Waals surface area contributed by atoms with Crippen LogP contribution in [0.5, 0.6) is 11.5 Å². The largest absolute Gasteiger partial charge is 0.507 e. The predicted octanol–water partition coefficient (Wildman–Crippen LogP) is 5.07. The molecule has 4 rings (SSSR count). The molecule has 0 saturated heterocycles. The third-order valence-corrected chi connectivity index (χ3v) is 4.06. The van der Waals surface area contributed by atoms with E-state index < -0.39 is 0 Å². The molecular formula is C20H14O2. The van der Waals surface area contributed by atoms with E-state index in [-0.39, 0.29) is 11.5 Å². The maximum atomic E-state index is 10.4. The summed E-state index contributed by atoms with van der Waals surface area (Å²) >= 11 is 0. The zero-order chi connectivity index (χ0) is 15.1. The van der Waals surface area contributed by atoms with Crippen LogP contribution in [0.1, 0.15) is 0 Å². The first kappa shape index (κ1) is 12.7. The van der Waals surface area contributed by atoms with Gasteiger partial charge in [-0.25, -0.2) is 0 Å². The van der Waals surface area contributed by atoms with Gasteiger partial charge in [0.15, 0.2) is 0 Å². The van der Waals surface area contributed by atoms with Crippen molar-refractivity contribution in [2.45, 2.75) is 0 Å². The molecule has 4 aromatic rings. The highest BCUT2D eigenvalue weighted by molar-refractivity contribution is 6.09. The monoisotopic (exact) mass is 286 g/mol. The van der Waals surface area contributed by atoms with Gasteiger partial charge in [0.1, 0.15) is 11.5 Å². The second-order valence-corrected chi connectivity index (χ2v) is 5.36. The summed E-state index contributed by atoms with van der Waals surface area (Å²) in [4.78, 5) is 0. The molecule has 2 heteroatoms. The lowest BCUT2D eigenvalue weighted by Gasteiger charge is -2.13. The minimum absolute atomic E-state index is 0.217. The lowest BCUT2D eigenvalue weighted by Crippen LogP contribution is -1.86. The Kier molecular flexibility index (Phi) is 2.76. The zero-order valence-corrected chi connectivity index (χ0v) is 11.8. The summed E-state index contributed by atoms with van der Waals surface area (Å²) in [6, 6.07) is 22.8. The van der Waals surface area contributed by atoms with E-state index in [2.05, 4.69) is 0 Å². The fourth-order valence-corrected chi connectivity index (χ4v) is 3.07. The minimum atomic E-state index is 0.217. The van der Waals surface area contributed by atoms with Crippen molar-refractivity contribution in [2.24, 2.45) is 0 Å². The van der Waals surface area contributed by atoms with E-state index in [0.29, 0.717) is 0 Å². The van der Waals surface area contributed by atoms with Gasteiger partial charge in [0.2, 0.25) is 0 Å². The molecule has 2 nitrogen and oxygen atoms in total. The number of phenols is 2. The number of phenolic OH excluding ortho intramolecular Hbond substituents is 2. The van der Waals surface area contributed by atoms with Crippen LogP contribution in [0.2, 0.25) is 0 Å². The zero-order valence-electron chi connectivity index (χ0n) is 11.8. The molecule has 0 aromatic heterocycles. The Morgan fingerprint density at radius 3 is 2.14 bits per heavy atom. The second kappa shape index (κ2) is 4.78. The summed E-state index contributed by atoms with van der Waals surface area (Å²) in [6.45, 7) is 0. The highest BCUT2D eigenvalue weighted by atomic mass is 16.3. The Bertz CT molecular complexity index is 998. The van der Waals surface area contributed by atoms with E-state index in [1.807, 2.05) is 60.7 Å². The van der Waals surface area contributed by atoms with Gasteiger partial charge >= 0.3 is 0 Å². The van der Waals surface area contributed by atoms with Crippen LogP contribution in [-0.2, 0) is 0 Å². The van der Waals surface area contributed by atoms with Crippen molar-refractivity contribution in [3.63, 3.8) is 0 Å². The molecule has 0 bridgehead atoms. The second-order valence-electron chi connectivity index (χ2n) is 5.36. The molecule has 0 fully saturated rings. The van der Waals surface area contributed by atoms with Gasteiger partial charge in [-0.15, -0.1) is 0 Å². The Balaban J connectivity index is 2.19. The first-order chi connectivity index (χ1) is 10.8. The molecule has 0 atom stereocenters. The van der Waals surface area contributed by atoms with Crippen molar-refractivity contribution in [2.75, 3.05) is 0 Å². The van der Waals surface area contributed by atoms with Gasteiger partial charge in [-0.1, -0.05) is 60.7 Å². The number of rotatable bonds is 1. The van der Waals surface area contributed by atoms with Crippen molar-refractivity contribution < 1.29 is 10.2 Å².